The van der Waals surface area contributed by atoms with Crippen molar-refractivity contribution < 1.29 is 22.4 Å². The first-order valence-electron chi connectivity index (χ1n) is 10.1. The summed E-state index contributed by atoms with van der Waals surface area (Å²) >= 11 is 11.7. The number of para-hydroxylation sites is 1. The van der Waals surface area contributed by atoms with E-state index in [-0.39, 0.29) is 21.3 Å². The van der Waals surface area contributed by atoms with Crippen LogP contribution in [0.1, 0.15) is 33.0 Å². The Balaban J connectivity index is 1.80. The van der Waals surface area contributed by atoms with Gasteiger partial charge in [0.05, 0.1) is 11.6 Å². The van der Waals surface area contributed by atoms with Gasteiger partial charge in [0.25, 0.3) is 5.91 Å². The van der Waals surface area contributed by atoms with E-state index in [1.807, 2.05) is 0 Å². The van der Waals surface area contributed by atoms with Gasteiger partial charge in [-0.2, -0.15) is 13.2 Å². The Morgan fingerprint density at radius 2 is 1.68 bits per heavy atom. The summed E-state index contributed by atoms with van der Waals surface area (Å²) in [6.45, 7) is 1.66. The van der Waals surface area contributed by atoms with Gasteiger partial charge in [-0.25, -0.2) is 4.39 Å². The van der Waals surface area contributed by atoms with Gasteiger partial charge in [-0.3, -0.25) is 15.2 Å². The van der Waals surface area contributed by atoms with Crippen LogP contribution >= 0.6 is 23.2 Å². The summed E-state index contributed by atoms with van der Waals surface area (Å²) in [5.74, 6) is -2.90. The Morgan fingerprint density at radius 1 is 1.03 bits per heavy atom. The Bertz CT molecular complexity index is 1210. The van der Waals surface area contributed by atoms with Crippen molar-refractivity contribution >= 4 is 40.9 Å². The molecule has 0 aliphatic rings. The Hall–Kier alpha value is -3.03. The molecule has 3 rings (SSSR count). The van der Waals surface area contributed by atoms with Gasteiger partial charge >= 0.3 is 6.18 Å². The lowest BCUT2D eigenvalue weighted by Gasteiger charge is -2.21. The number of alkyl halides is 3. The number of aryl methyl sites for hydroxylation is 1. The summed E-state index contributed by atoms with van der Waals surface area (Å²) in [7, 11) is 1.50. The van der Waals surface area contributed by atoms with Crippen LogP contribution in [0.5, 0.6) is 0 Å². The predicted octanol–water partition coefficient (Wildman–Crippen LogP) is 7.58. The molecule has 0 radical (unpaired) electrons. The summed E-state index contributed by atoms with van der Waals surface area (Å²) < 4.78 is 55.0. The number of hydrogen-bond donors (Lipinski definition) is 1. The highest BCUT2D eigenvalue weighted by atomic mass is 35.5. The molecule has 0 aromatic heterocycles. The van der Waals surface area contributed by atoms with Gasteiger partial charge in [-0.15, -0.1) is 0 Å². The average Bonchev–Trinajstić information content (AvgIpc) is 2.72. The molecule has 0 fully saturated rings. The number of hydrazine groups is 1. The van der Waals surface area contributed by atoms with Crippen LogP contribution < -0.4 is 10.4 Å². The smallest absolute Gasteiger partial charge is 0.285 e. The molecule has 3 aromatic carbocycles. The molecular weight excluding hydrogens is 491 g/mol. The van der Waals surface area contributed by atoms with E-state index in [4.69, 9.17) is 23.2 Å². The maximum absolute atomic E-state index is 13.9. The molecule has 0 saturated carbocycles. The zero-order valence-electron chi connectivity index (χ0n) is 18.1. The second-order valence-corrected chi connectivity index (χ2v) is 8.48. The maximum atomic E-state index is 13.9. The molecular formula is C25H20Cl2F4N2O. The first-order chi connectivity index (χ1) is 16.0. The largest absolute Gasteiger partial charge is 0.399 e. The first-order valence-corrected chi connectivity index (χ1v) is 10.8. The van der Waals surface area contributed by atoms with Crippen LogP contribution in [0, 0.1) is 12.7 Å². The maximum Gasteiger partial charge on any atom is 0.399 e. The number of carbonyl (C=O) groups excluding carboxylic acids is 1. The van der Waals surface area contributed by atoms with Crippen LogP contribution in [0.3, 0.4) is 0 Å². The van der Waals surface area contributed by atoms with Crippen molar-refractivity contribution in [3.63, 3.8) is 0 Å². The molecule has 3 nitrogen and oxygen atoms in total. The summed E-state index contributed by atoms with van der Waals surface area (Å²) in [4.78, 5) is 12.7. The highest BCUT2D eigenvalue weighted by Gasteiger charge is 2.39. The second kappa shape index (κ2) is 10.5. The van der Waals surface area contributed by atoms with Gasteiger partial charge in [-0.1, -0.05) is 59.6 Å². The number of carbonyl (C=O) groups is 1. The molecule has 0 aliphatic carbocycles. The Morgan fingerprint density at radius 3 is 2.26 bits per heavy atom. The predicted molar refractivity (Wildman–Crippen MR) is 128 cm³/mol. The third kappa shape index (κ3) is 6.30. The van der Waals surface area contributed by atoms with Gasteiger partial charge < -0.3 is 0 Å². The fraction of sp³-hybridized carbons (Fsp3) is 0.160. The molecule has 34 heavy (non-hydrogen) atoms. The number of rotatable bonds is 6. The SMILES string of the molecule is Cc1cc(C=CC(c2cc(Cl)cc(Cl)c2)C(F)(F)F)ccc1C(=O)NN(C)c1ccccc1F. The summed E-state index contributed by atoms with van der Waals surface area (Å²) in [6, 6.07) is 14.4. The van der Waals surface area contributed by atoms with E-state index in [0.29, 0.717) is 16.7 Å². The van der Waals surface area contributed by atoms with Crippen molar-refractivity contribution in [1.82, 2.24) is 5.43 Å². The Labute approximate surface area is 204 Å². The first kappa shape index (κ1) is 25.6. The highest BCUT2D eigenvalue weighted by Crippen LogP contribution is 2.38. The zero-order chi connectivity index (χ0) is 25.0. The molecule has 1 unspecified atom stereocenters. The lowest BCUT2D eigenvalue weighted by Crippen LogP contribution is -2.40. The summed E-state index contributed by atoms with van der Waals surface area (Å²) in [5.41, 5.74) is 4.00. The monoisotopic (exact) mass is 510 g/mol. The van der Waals surface area contributed by atoms with Crippen LogP contribution in [-0.4, -0.2) is 19.1 Å². The van der Waals surface area contributed by atoms with E-state index >= 15 is 0 Å². The lowest BCUT2D eigenvalue weighted by atomic mass is 9.96. The third-order valence-corrected chi connectivity index (χ3v) is 5.49. The fourth-order valence-corrected chi connectivity index (χ4v) is 3.96. The minimum Gasteiger partial charge on any atom is -0.285 e. The molecule has 178 valence electrons. The van der Waals surface area contributed by atoms with Crippen molar-refractivity contribution in [2.24, 2.45) is 0 Å². The van der Waals surface area contributed by atoms with Crippen LogP contribution in [0.2, 0.25) is 10.0 Å². The van der Waals surface area contributed by atoms with Crippen LogP contribution in [-0.2, 0) is 0 Å². The fourth-order valence-electron chi connectivity index (χ4n) is 3.41. The number of halogens is 6. The standard InChI is InChI=1S/C25H20Cl2F4N2O/c1-15-11-16(8-10-21(25(29,30)31)17-12-18(26)14-19(27)13-17)7-9-20(15)24(34)32-33(2)23-6-4-3-5-22(23)28/h3-14,21H,1-2H3,(H,32,34). The van der Waals surface area contributed by atoms with E-state index in [1.54, 1.807) is 19.1 Å². The molecule has 0 bridgehead atoms. The van der Waals surface area contributed by atoms with Crippen molar-refractivity contribution in [3.05, 3.63) is 105 Å². The summed E-state index contributed by atoms with van der Waals surface area (Å²) in [6.07, 6.45) is -2.22. The molecule has 0 aliphatic heterocycles. The van der Waals surface area contributed by atoms with E-state index in [1.165, 1.54) is 66.7 Å². The molecule has 3 aromatic rings. The molecule has 1 N–H and O–H groups in total. The van der Waals surface area contributed by atoms with E-state index < -0.39 is 23.8 Å². The normalized spacial score (nSPS) is 12.6. The number of nitrogens with zero attached hydrogens (tertiary/aromatic N) is 1. The van der Waals surface area contributed by atoms with Crippen molar-refractivity contribution in [3.8, 4) is 0 Å². The van der Waals surface area contributed by atoms with Crippen molar-refractivity contribution in [2.75, 3.05) is 12.1 Å². The number of hydrogen-bond acceptors (Lipinski definition) is 2. The van der Waals surface area contributed by atoms with Gasteiger partial charge in [0.1, 0.15) is 5.82 Å². The van der Waals surface area contributed by atoms with Crippen LogP contribution in [0.4, 0.5) is 23.2 Å². The molecule has 1 atom stereocenters. The van der Waals surface area contributed by atoms with E-state index in [2.05, 4.69) is 5.43 Å². The van der Waals surface area contributed by atoms with Gasteiger partial charge in [0.15, 0.2) is 0 Å². The third-order valence-electron chi connectivity index (χ3n) is 5.06. The van der Waals surface area contributed by atoms with Crippen LogP contribution in [0.15, 0.2) is 66.7 Å². The average molecular weight is 511 g/mol. The van der Waals surface area contributed by atoms with Gasteiger partial charge in [0.2, 0.25) is 0 Å². The summed E-state index contributed by atoms with van der Waals surface area (Å²) in [5, 5.41) is 1.48. The number of allylic oxidation sites excluding steroid dienone is 1. The topological polar surface area (TPSA) is 32.3 Å². The van der Waals surface area contributed by atoms with E-state index in [0.717, 1.165) is 6.08 Å². The molecule has 0 spiro atoms. The number of benzene rings is 3. The number of anilines is 1. The highest BCUT2D eigenvalue weighted by molar-refractivity contribution is 6.34. The minimum absolute atomic E-state index is 0.0786. The minimum atomic E-state index is -4.56. The van der Waals surface area contributed by atoms with Crippen molar-refractivity contribution in [2.45, 2.75) is 19.0 Å². The van der Waals surface area contributed by atoms with Crippen molar-refractivity contribution in [1.29, 1.82) is 0 Å². The van der Waals surface area contributed by atoms with E-state index in [9.17, 15) is 22.4 Å². The number of amides is 1. The quantitative estimate of drug-likeness (QED) is 0.273. The lowest BCUT2D eigenvalue weighted by molar-refractivity contribution is -0.139. The molecule has 0 saturated heterocycles. The Kier molecular flexibility index (Phi) is 7.89. The molecule has 9 heteroatoms. The number of nitrogens with one attached hydrogen (secondary N) is 1. The molecule has 1 amide bonds. The molecule has 0 heterocycles. The van der Waals surface area contributed by atoms with Crippen LogP contribution in [0.25, 0.3) is 6.08 Å². The second-order valence-electron chi connectivity index (χ2n) is 7.61. The van der Waals surface area contributed by atoms with Gasteiger partial charge in [0, 0.05) is 22.7 Å². The van der Waals surface area contributed by atoms with Gasteiger partial charge in [-0.05, 0) is 60.0 Å². The zero-order valence-corrected chi connectivity index (χ0v) is 19.6.